The molecule has 1 heterocycles. The predicted octanol–water partition coefficient (Wildman–Crippen LogP) is 1.75. The molecule has 1 aliphatic rings. The van der Waals surface area contributed by atoms with Gasteiger partial charge in [0.25, 0.3) is 0 Å². The molecule has 1 amide bonds. The molecule has 0 saturated heterocycles. The molecule has 86 valence electrons. The summed E-state index contributed by atoms with van der Waals surface area (Å²) >= 11 is 0. The number of hydrogen-bond acceptors (Lipinski definition) is 4. The van der Waals surface area contributed by atoms with Gasteiger partial charge in [-0.05, 0) is 34.6 Å². The average molecular weight is 214 g/mol. The topological polar surface area (TPSA) is 64.8 Å². The fraction of sp³-hybridized carbons (Fsp3) is 0.700. The molecule has 0 spiro atoms. The fourth-order valence-electron chi connectivity index (χ4n) is 1.14. The van der Waals surface area contributed by atoms with Gasteiger partial charge in [0, 0.05) is 5.57 Å². The second-order valence-electron chi connectivity index (χ2n) is 4.62. The maximum Gasteiger partial charge on any atom is 0.444 e. The zero-order valence-electron chi connectivity index (χ0n) is 9.83. The van der Waals surface area contributed by atoms with Crippen LogP contribution in [0.15, 0.2) is 11.5 Å². The lowest BCUT2D eigenvalue weighted by Gasteiger charge is -2.25. The molecule has 0 aliphatic carbocycles. The van der Waals surface area contributed by atoms with E-state index in [0.29, 0.717) is 0 Å². The highest BCUT2D eigenvalue weighted by Gasteiger charge is 2.35. The molecule has 5 heteroatoms. The molecular formula is C10H18N2O3. The predicted molar refractivity (Wildman–Crippen MR) is 55.5 cm³/mol. The number of carbonyl (C=O) groups is 1. The molecule has 0 fully saturated rings. The lowest BCUT2D eigenvalue weighted by Crippen LogP contribution is -2.39. The van der Waals surface area contributed by atoms with Crippen LogP contribution in [0.2, 0.25) is 0 Å². The van der Waals surface area contributed by atoms with Crippen molar-refractivity contribution in [2.45, 2.75) is 46.3 Å². The molecule has 1 atom stereocenters. The lowest BCUT2D eigenvalue weighted by atomic mass is 10.2. The van der Waals surface area contributed by atoms with Gasteiger partial charge in [0.05, 0.1) is 6.04 Å². The van der Waals surface area contributed by atoms with Crippen LogP contribution in [0.5, 0.6) is 0 Å². The van der Waals surface area contributed by atoms with E-state index >= 15 is 0 Å². The number of carbonyl (C=O) groups excluding carboxylic acids is 1. The van der Waals surface area contributed by atoms with E-state index in [1.807, 2.05) is 13.8 Å². The molecule has 1 unspecified atom stereocenters. The van der Waals surface area contributed by atoms with Gasteiger partial charge in [-0.1, -0.05) is 0 Å². The van der Waals surface area contributed by atoms with Gasteiger partial charge in [-0.25, -0.2) is 4.79 Å². The Morgan fingerprint density at radius 3 is 2.40 bits per heavy atom. The van der Waals surface area contributed by atoms with Crippen molar-refractivity contribution in [2.24, 2.45) is 5.73 Å². The Morgan fingerprint density at radius 2 is 2.07 bits per heavy atom. The first-order valence-corrected chi connectivity index (χ1v) is 4.89. The molecule has 15 heavy (non-hydrogen) atoms. The minimum absolute atomic E-state index is 0.181. The van der Waals surface area contributed by atoms with E-state index in [2.05, 4.69) is 0 Å². The van der Waals surface area contributed by atoms with Crippen LogP contribution in [0.4, 0.5) is 4.79 Å². The van der Waals surface area contributed by atoms with Crippen LogP contribution >= 0.6 is 0 Å². The van der Waals surface area contributed by atoms with Gasteiger partial charge in [-0.2, -0.15) is 0 Å². The SMILES string of the molecule is CC1=C(N)ON(C(=O)OC(C)(C)C)C1C. The maximum absolute atomic E-state index is 11.7. The first-order valence-electron chi connectivity index (χ1n) is 4.89. The van der Waals surface area contributed by atoms with Crippen LogP contribution < -0.4 is 5.73 Å². The highest BCUT2D eigenvalue weighted by atomic mass is 16.7. The Kier molecular flexibility index (Phi) is 2.83. The van der Waals surface area contributed by atoms with E-state index in [0.717, 1.165) is 10.6 Å². The minimum atomic E-state index is -0.536. The normalized spacial score (nSPS) is 21.7. The Balaban J connectivity index is 2.66. The van der Waals surface area contributed by atoms with Crippen molar-refractivity contribution in [3.05, 3.63) is 11.5 Å². The standard InChI is InChI=1S/C10H18N2O3/c1-6-7(2)12(15-8(6)11)9(13)14-10(3,4)5/h7H,11H2,1-5H3. The van der Waals surface area contributed by atoms with Crippen LogP contribution in [0.25, 0.3) is 0 Å². The summed E-state index contributed by atoms with van der Waals surface area (Å²) in [5.41, 5.74) is 5.87. The number of hydrogen-bond donors (Lipinski definition) is 1. The van der Waals surface area contributed by atoms with Crippen molar-refractivity contribution in [1.82, 2.24) is 5.06 Å². The Bertz CT molecular complexity index is 304. The van der Waals surface area contributed by atoms with E-state index in [1.54, 1.807) is 20.8 Å². The molecule has 0 aromatic carbocycles. The molecule has 0 saturated carbocycles. The summed E-state index contributed by atoms with van der Waals surface area (Å²) in [6.45, 7) is 9.06. The van der Waals surface area contributed by atoms with Gasteiger partial charge >= 0.3 is 6.09 Å². The highest BCUT2D eigenvalue weighted by Crippen LogP contribution is 2.24. The lowest BCUT2D eigenvalue weighted by molar-refractivity contribution is -0.111. The average Bonchev–Trinajstić information content (AvgIpc) is 2.30. The van der Waals surface area contributed by atoms with E-state index in [1.165, 1.54) is 0 Å². The maximum atomic E-state index is 11.7. The molecule has 5 nitrogen and oxygen atoms in total. The number of hydroxylamine groups is 2. The molecule has 1 rings (SSSR count). The zero-order chi connectivity index (χ0) is 11.8. The summed E-state index contributed by atoms with van der Waals surface area (Å²) in [7, 11) is 0. The summed E-state index contributed by atoms with van der Waals surface area (Å²) in [6.07, 6.45) is -0.519. The Hall–Kier alpha value is -1.39. The summed E-state index contributed by atoms with van der Waals surface area (Å²) in [5.74, 6) is 0.272. The van der Waals surface area contributed by atoms with Crippen LogP contribution in [0, 0.1) is 0 Å². The van der Waals surface area contributed by atoms with E-state index in [9.17, 15) is 4.79 Å². The molecule has 1 aliphatic heterocycles. The van der Waals surface area contributed by atoms with E-state index < -0.39 is 11.7 Å². The summed E-state index contributed by atoms with van der Waals surface area (Å²) in [6, 6.07) is -0.181. The minimum Gasteiger partial charge on any atom is -0.442 e. The first-order chi connectivity index (χ1) is 6.72. The van der Waals surface area contributed by atoms with Gasteiger partial charge in [-0.15, -0.1) is 5.06 Å². The van der Waals surface area contributed by atoms with E-state index in [4.69, 9.17) is 15.3 Å². The highest BCUT2D eigenvalue weighted by molar-refractivity contribution is 5.68. The van der Waals surface area contributed by atoms with Crippen molar-refractivity contribution in [3.63, 3.8) is 0 Å². The monoisotopic (exact) mass is 214 g/mol. The molecular weight excluding hydrogens is 196 g/mol. The zero-order valence-corrected chi connectivity index (χ0v) is 9.83. The molecule has 0 aromatic heterocycles. The smallest absolute Gasteiger partial charge is 0.442 e. The fourth-order valence-corrected chi connectivity index (χ4v) is 1.14. The number of nitrogens with two attached hydrogens (primary N) is 1. The van der Waals surface area contributed by atoms with Gasteiger partial charge < -0.3 is 15.3 Å². The third kappa shape index (κ3) is 2.55. The quantitative estimate of drug-likeness (QED) is 0.667. The number of rotatable bonds is 0. The van der Waals surface area contributed by atoms with Gasteiger partial charge in [0.2, 0.25) is 5.88 Å². The van der Waals surface area contributed by atoms with E-state index in [-0.39, 0.29) is 11.9 Å². The number of nitrogens with zero attached hydrogens (tertiary/aromatic N) is 1. The number of ether oxygens (including phenoxy) is 1. The third-order valence-electron chi connectivity index (χ3n) is 2.14. The van der Waals surface area contributed by atoms with Gasteiger partial charge in [-0.3, -0.25) is 0 Å². The van der Waals surface area contributed by atoms with Crippen molar-refractivity contribution in [3.8, 4) is 0 Å². The summed E-state index contributed by atoms with van der Waals surface area (Å²) in [4.78, 5) is 16.8. The second-order valence-corrected chi connectivity index (χ2v) is 4.62. The van der Waals surface area contributed by atoms with Crippen LogP contribution in [0.3, 0.4) is 0 Å². The molecule has 0 aromatic rings. The molecule has 0 bridgehead atoms. The summed E-state index contributed by atoms with van der Waals surface area (Å²) < 4.78 is 5.17. The van der Waals surface area contributed by atoms with Crippen molar-refractivity contribution in [2.75, 3.05) is 0 Å². The largest absolute Gasteiger partial charge is 0.444 e. The second kappa shape index (κ2) is 3.64. The molecule has 0 radical (unpaired) electrons. The van der Waals surface area contributed by atoms with Crippen LogP contribution in [-0.4, -0.2) is 22.8 Å². The van der Waals surface area contributed by atoms with Crippen LogP contribution in [-0.2, 0) is 9.57 Å². The van der Waals surface area contributed by atoms with Crippen molar-refractivity contribution in [1.29, 1.82) is 0 Å². The first kappa shape index (κ1) is 11.7. The Morgan fingerprint density at radius 1 is 1.53 bits per heavy atom. The molecule has 2 N–H and O–H groups in total. The van der Waals surface area contributed by atoms with Gasteiger partial charge in [0.15, 0.2) is 0 Å². The van der Waals surface area contributed by atoms with Crippen LogP contribution in [0.1, 0.15) is 34.6 Å². The third-order valence-corrected chi connectivity index (χ3v) is 2.14. The van der Waals surface area contributed by atoms with Gasteiger partial charge in [0.1, 0.15) is 5.60 Å². The number of amides is 1. The van der Waals surface area contributed by atoms with Crippen molar-refractivity contribution >= 4 is 6.09 Å². The Labute approximate surface area is 89.8 Å². The summed E-state index contributed by atoms with van der Waals surface area (Å²) in [5, 5.41) is 1.15. The van der Waals surface area contributed by atoms with Crippen molar-refractivity contribution < 1.29 is 14.4 Å².